The number of sulfonamides is 1. The van der Waals surface area contributed by atoms with Crippen LogP contribution in [0.15, 0.2) is 46.7 Å². The van der Waals surface area contributed by atoms with E-state index in [4.69, 9.17) is 5.26 Å². The molecule has 2 aromatic rings. The van der Waals surface area contributed by atoms with Crippen molar-refractivity contribution >= 4 is 21.4 Å². The molecular formula is C15H16N2O2S2. The van der Waals surface area contributed by atoms with Gasteiger partial charge in [0.1, 0.15) is 0 Å². The maximum atomic E-state index is 12.6. The summed E-state index contributed by atoms with van der Waals surface area (Å²) >= 11 is 1.62. The van der Waals surface area contributed by atoms with Gasteiger partial charge in [-0.2, -0.15) is 9.57 Å². The number of hydrogen-bond donors (Lipinski definition) is 0. The number of thiophene rings is 1. The van der Waals surface area contributed by atoms with E-state index in [2.05, 4.69) is 0 Å². The number of nitrogens with zero attached hydrogens (tertiary/aromatic N) is 2. The lowest BCUT2D eigenvalue weighted by Crippen LogP contribution is -2.36. The van der Waals surface area contributed by atoms with Crippen LogP contribution in [0, 0.1) is 11.3 Å². The van der Waals surface area contributed by atoms with Crippen LogP contribution in [-0.4, -0.2) is 25.8 Å². The predicted molar refractivity (Wildman–Crippen MR) is 83.6 cm³/mol. The summed E-state index contributed by atoms with van der Waals surface area (Å²) in [4.78, 5) is 1.30. The van der Waals surface area contributed by atoms with Crippen molar-refractivity contribution in [3.63, 3.8) is 0 Å². The lowest BCUT2D eigenvalue weighted by molar-refractivity contribution is 0.388. The van der Waals surface area contributed by atoms with E-state index in [-0.39, 0.29) is 10.9 Å². The van der Waals surface area contributed by atoms with Gasteiger partial charge in [-0.05, 0) is 43.0 Å². The van der Waals surface area contributed by atoms with Crippen LogP contribution >= 0.6 is 11.3 Å². The van der Waals surface area contributed by atoms with Crippen LogP contribution in [0.4, 0.5) is 0 Å². The van der Waals surface area contributed by atoms with Gasteiger partial charge in [0.15, 0.2) is 0 Å². The second kappa shape index (κ2) is 6.39. The highest BCUT2D eigenvalue weighted by Gasteiger charge is 2.25. The van der Waals surface area contributed by atoms with Gasteiger partial charge in [0.25, 0.3) is 0 Å². The van der Waals surface area contributed by atoms with Crippen molar-refractivity contribution in [2.75, 3.05) is 7.05 Å². The first kappa shape index (κ1) is 15.7. The Labute approximate surface area is 129 Å². The second-order valence-corrected chi connectivity index (χ2v) is 7.82. The van der Waals surface area contributed by atoms with E-state index in [9.17, 15) is 8.42 Å². The third-order valence-electron chi connectivity index (χ3n) is 3.34. The molecule has 6 heteroatoms. The van der Waals surface area contributed by atoms with Gasteiger partial charge in [0.2, 0.25) is 10.0 Å². The molecule has 110 valence electrons. The molecule has 0 saturated heterocycles. The minimum Gasteiger partial charge on any atom is -0.207 e. The largest absolute Gasteiger partial charge is 0.243 e. The van der Waals surface area contributed by atoms with Crippen LogP contribution in [0.3, 0.4) is 0 Å². The molecule has 1 heterocycles. The lowest BCUT2D eigenvalue weighted by atomic mass is 10.2. The van der Waals surface area contributed by atoms with Gasteiger partial charge in [-0.1, -0.05) is 12.1 Å². The first-order chi connectivity index (χ1) is 9.95. The van der Waals surface area contributed by atoms with E-state index in [1.165, 1.54) is 16.4 Å². The number of hydrogen-bond acceptors (Lipinski definition) is 4. The Hall–Kier alpha value is -1.68. The van der Waals surface area contributed by atoms with Gasteiger partial charge >= 0.3 is 0 Å². The molecular weight excluding hydrogens is 304 g/mol. The Balaban J connectivity index is 2.23. The molecule has 0 spiro atoms. The highest BCUT2D eigenvalue weighted by Crippen LogP contribution is 2.20. The van der Waals surface area contributed by atoms with Crippen LogP contribution in [0.25, 0.3) is 0 Å². The summed E-state index contributed by atoms with van der Waals surface area (Å²) < 4.78 is 26.5. The van der Waals surface area contributed by atoms with E-state index >= 15 is 0 Å². The zero-order valence-electron chi connectivity index (χ0n) is 11.9. The Morgan fingerprint density at radius 1 is 1.33 bits per heavy atom. The highest BCUT2D eigenvalue weighted by molar-refractivity contribution is 7.89. The summed E-state index contributed by atoms with van der Waals surface area (Å²) in [7, 11) is -2.01. The second-order valence-electron chi connectivity index (χ2n) is 4.79. The average molecular weight is 320 g/mol. The van der Waals surface area contributed by atoms with Gasteiger partial charge in [-0.25, -0.2) is 8.42 Å². The molecule has 0 bridgehead atoms. The molecule has 0 saturated carbocycles. The van der Waals surface area contributed by atoms with Crippen molar-refractivity contribution in [2.45, 2.75) is 24.3 Å². The van der Waals surface area contributed by atoms with E-state index in [1.807, 2.05) is 30.5 Å². The SMILES string of the molecule is CC(Cc1cccs1)N(C)S(=O)(=O)c1cccc(C#N)c1. The maximum absolute atomic E-state index is 12.6. The van der Waals surface area contributed by atoms with Crippen molar-refractivity contribution < 1.29 is 8.42 Å². The zero-order chi connectivity index (χ0) is 15.5. The van der Waals surface area contributed by atoms with Crippen LogP contribution in [0.5, 0.6) is 0 Å². The van der Waals surface area contributed by atoms with Crippen LogP contribution in [-0.2, 0) is 16.4 Å². The molecule has 0 fully saturated rings. The van der Waals surface area contributed by atoms with Gasteiger partial charge in [-0.3, -0.25) is 0 Å². The number of nitriles is 1. The van der Waals surface area contributed by atoms with E-state index in [0.717, 1.165) is 4.88 Å². The Bertz CT molecular complexity index is 746. The normalized spacial score (nSPS) is 13.0. The van der Waals surface area contributed by atoms with Crippen molar-refractivity contribution in [3.05, 3.63) is 52.2 Å². The Morgan fingerprint density at radius 3 is 2.71 bits per heavy atom. The summed E-state index contributed by atoms with van der Waals surface area (Å²) in [5.74, 6) is 0. The molecule has 0 aliphatic carbocycles. The third kappa shape index (κ3) is 3.50. The Kier molecular flexibility index (Phi) is 4.78. The third-order valence-corrected chi connectivity index (χ3v) is 6.20. The molecule has 21 heavy (non-hydrogen) atoms. The number of rotatable bonds is 5. The van der Waals surface area contributed by atoms with E-state index < -0.39 is 10.0 Å². The Morgan fingerprint density at radius 2 is 2.10 bits per heavy atom. The summed E-state index contributed by atoms with van der Waals surface area (Å²) in [5.41, 5.74) is 0.343. The molecule has 0 aliphatic heterocycles. The van der Waals surface area contributed by atoms with E-state index in [1.54, 1.807) is 30.5 Å². The molecule has 0 N–H and O–H groups in total. The summed E-state index contributed by atoms with van der Waals surface area (Å²) in [6, 6.07) is 11.9. The molecule has 2 rings (SSSR count). The number of benzene rings is 1. The standard InChI is InChI=1S/C15H16N2O2S2/c1-12(9-14-6-4-8-20-14)17(2)21(18,19)15-7-3-5-13(10-15)11-16/h3-8,10,12H,9H2,1-2H3. The van der Waals surface area contributed by atoms with Crippen LogP contribution in [0.1, 0.15) is 17.4 Å². The topological polar surface area (TPSA) is 61.2 Å². The molecule has 1 aromatic carbocycles. The van der Waals surface area contributed by atoms with Gasteiger partial charge < -0.3 is 0 Å². The van der Waals surface area contributed by atoms with E-state index in [0.29, 0.717) is 12.0 Å². The lowest BCUT2D eigenvalue weighted by Gasteiger charge is -2.24. The van der Waals surface area contributed by atoms with Crippen molar-refractivity contribution in [1.82, 2.24) is 4.31 Å². The van der Waals surface area contributed by atoms with Crippen molar-refractivity contribution in [2.24, 2.45) is 0 Å². The fourth-order valence-electron chi connectivity index (χ4n) is 1.98. The van der Waals surface area contributed by atoms with Gasteiger partial charge in [0, 0.05) is 18.0 Å². The predicted octanol–water partition coefficient (Wildman–Crippen LogP) is 2.87. The first-order valence-corrected chi connectivity index (χ1v) is 8.77. The quantitative estimate of drug-likeness (QED) is 0.851. The molecule has 1 atom stereocenters. The molecule has 4 nitrogen and oxygen atoms in total. The molecule has 0 radical (unpaired) electrons. The summed E-state index contributed by atoms with van der Waals surface area (Å²) in [5, 5.41) is 10.9. The average Bonchev–Trinajstić information content (AvgIpc) is 2.99. The molecule has 1 aromatic heterocycles. The fraction of sp³-hybridized carbons (Fsp3) is 0.267. The van der Waals surface area contributed by atoms with Gasteiger partial charge in [0.05, 0.1) is 16.5 Å². The van der Waals surface area contributed by atoms with Crippen molar-refractivity contribution in [3.8, 4) is 6.07 Å². The minimum absolute atomic E-state index is 0.153. The first-order valence-electron chi connectivity index (χ1n) is 6.45. The molecule has 1 unspecified atom stereocenters. The summed E-state index contributed by atoms with van der Waals surface area (Å²) in [6.45, 7) is 1.88. The van der Waals surface area contributed by atoms with Gasteiger partial charge in [-0.15, -0.1) is 11.3 Å². The molecule has 0 aliphatic rings. The molecule has 0 amide bonds. The number of likely N-dealkylation sites (N-methyl/N-ethyl adjacent to an activating group) is 1. The highest BCUT2D eigenvalue weighted by atomic mass is 32.2. The smallest absolute Gasteiger partial charge is 0.207 e. The van der Waals surface area contributed by atoms with Crippen LogP contribution in [0.2, 0.25) is 0 Å². The van der Waals surface area contributed by atoms with Crippen LogP contribution < -0.4 is 0 Å². The zero-order valence-corrected chi connectivity index (χ0v) is 13.5. The monoisotopic (exact) mass is 320 g/mol. The fourth-order valence-corrected chi connectivity index (χ4v) is 4.21. The summed E-state index contributed by atoms with van der Waals surface area (Å²) in [6.07, 6.45) is 0.672. The van der Waals surface area contributed by atoms with Crippen molar-refractivity contribution in [1.29, 1.82) is 5.26 Å². The maximum Gasteiger partial charge on any atom is 0.243 e. The minimum atomic E-state index is -3.59.